The first-order valence-corrected chi connectivity index (χ1v) is 8.48. The summed E-state index contributed by atoms with van der Waals surface area (Å²) in [5, 5.41) is 13.6. The lowest BCUT2D eigenvalue weighted by Crippen LogP contribution is -2.39. The fourth-order valence-electron chi connectivity index (χ4n) is 2.24. The molecule has 1 fully saturated rings. The van der Waals surface area contributed by atoms with Crippen LogP contribution in [0.3, 0.4) is 0 Å². The molecule has 13 heteroatoms. The van der Waals surface area contributed by atoms with Crippen LogP contribution < -0.4 is 11.2 Å². The van der Waals surface area contributed by atoms with Gasteiger partial charge in [-0.2, -0.15) is 8.42 Å². The Kier molecular flexibility index (Phi) is 4.82. The first-order chi connectivity index (χ1) is 11.1. The third-order valence-electron chi connectivity index (χ3n) is 3.42. The third-order valence-corrected chi connectivity index (χ3v) is 3.98. The summed E-state index contributed by atoms with van der Waals surface area (Å²) in [6.07, 6.45) is -0.714. The fraction of sp³-hybridized carbons (Fsp3) is 0.636. The summed E-state index contributed by atoms with van der Waals surface area (Å²) in [6, 6.07) is 0. The fourth-order valence-corrected chi connectivity index (χ4v) is 2.61. The normalized spacial score (nSPS) is 27.0. The van der Waals surface area contributed by atoms with Crippen LogP contribution >= 0.6 is 0 Å². The van der Waals surface area contributed by atoms with E-state index in [0.29, 0.717) is 0 Å². The highest BCUT2D eigenvalue weighted by molar-refractivity contribution is 7.85. The summed E-state index contributed by atoms with van der Waals surface area (Å²) in [7, 11) is -3.82. The zero-order valence-electron chi connectivity index (χ0n) is 12.7. The second-order valence-electron chi connectivity index (χ2n) is 5.32. The smallest absolute Gasteiger partial charge is 0.330 e. The van der Waals surface area contributed by atoms with Crippen LogP contribution in [0.25, 0.3) is 10.4 Å². The number of ether oxygens (including phenoxy) is 1. The van der Waals surface area contributed by atoms with E-state index in [-0.39, 0.29) is 12.0 Å². The van der Waals surface area contributed by atoms with Crippen molar-refractivity contribution in [2.24, 2.45) is 5.11 Å². The van der Waals surface area contributed by atoms with Gasteiger partial charge >= 0.3 is 5.69 Å². The molecule has 24 heavy (non-hydrogen) atoms. The SMILES string of the molecule is Cc1cn([C@H]2C[C@@](O)(N=[N+]=[N-])[C@@H](COS(C)(=O)=O)O2)c(=O)[nH]c1=O. The number of H-pyrrole nitrogens is 1. The number of aromatic amines is 1. The molecule has 1 aromatic heterocycles. The molecular formula is C11H15N5O7S. The number of nitrogens with one attached hydrogen (secondary N) is 1. The molecule has 1 saturated heterocycles. The third kappa shape index (κ3) is 3.83. The van der Waals surface area contributed by atoms with Crippen molar-refractivity contribution in [2.45, 2.75) is 31.4 Å². The Bertz CT molecular complexity index is 900. The van der Waals surface area contributed by atoms with Gasteiger partial charge in [0, 0.05) is 23.1 Å². The van der Waals surface area contributed by atoms with E-state index in [1.54, 1.807) is 0 Å². The molecule has 12 nitrogen and oxygen atoms in total. The first-order valence-electron chi connectivity index (χ1n) is 6.66. The van der Waals surface area contributed by atoms with Crippen LogP contribution in [0.5, 0.6) is 0 Å². The number of rotatable bonds is 5. The van der Waals surface area contributed by atoms with Crippen molar-refractivity contribution in [1.82, 2.24) is 9.55 Å². The van der Waals surface area contributed by atoms with Gasteiger partial charge in [-0.3, -0.25) is 18.5 Å². The summed E-state index contributed by atoms with van der Waals surface area (Å²) < 4.78 is 33.2. The summed E-state index contributed by atoms with van der Waals surface area (Å²) in [5.74, 6) is 0. The van der Waals surface area contributed by atoms with Gasteiger partial charge in [-0.05, 0) is 12.5 Å². The quantitative estimate of drug-likeness (QED) is 0.295. The Hall–Kier alpha value is -2.18. The van der Waals surface area contributed by atoms with Crippen molar-refractivity contribution in [3.63, 3.8) is 0 Å². The Balaban J connectivity index is 2.36. The van der Waals surface area contributed by atoms with E-state index in [0.717, 1.165) is 10.8 Å². The minimum absolute atomic E-state index is 0.223. The molecule has 1 aliphatic rings. The average molecular weight is 361 g/mol. The molecule has 0 amide bonds. The molecule has 1 aromatic rings. The number of hydrogen-bond donors (Lipinski definition) is 2. The van der Waals surface area contributed by atoms with Gasteiger partial charge in [0.15, 0.2) is 5.72 Å². The molecule has 0 radical (unpaired) electrons. The molecule has 0 bridgehead atoms. The summed E-state index contributed by atoms with van der Waals surface area (Å²) in [4.78, 5) is 27.9. The predicted molar refractivity (Wildman–Crippen MR) is 79.5 cm³/mol. The predicted octanol–water partition coefficient (Wildman–Crippen LogP) is -0.892. The van der Waals surface area contributed by atoms with E-state index < -0.39 is 46.0 Å². The Morgan fingerprint density at radius 1 is 1.62 bits per heavy atom. The van der Waals surface area contributed by atoms with Crippen LogP contribution in [-0.4, -0.2) is 47.8 Å². The van der Waals surface area contributed by atoms with Gasteiger partial charge in [0.05, 0.1) is 12.9 Å². The molecule has 2 heterocycles. The second kappa shape index (κ2) is 6.37. The van der Waals surface area contributed by atoms with Crippen molar-refractivity contribution < 1.29 is 22.4 Å². The number of azide groups is 1. The van der Waals surface area contributed by atoms with E-state index in [1.807, 2.05) is 0 Å². The van der Waals surface area contributed by atoms with Crippen molar-refractivity contribution >= 4 is 10.1 Å². The standard InChI is InChI=1S/C11H15N5O7S/c1-6-4-16(10(18)13-9(6)17)8-3-11(19,14-15-12)7(23-8)5-22-24(2,20)21/h4,7-8,19H,3,5H2,1-2H3,(H,13,17,18)/t7-,8-,11+/m1/s1. The van der Waals surface area contributed by atoms with Crippen LogP contribution in [0.2, 0.25) is 0 Å². The zero-order valence-corrected chi connectivity index (χ0v) is 13.6. The topological polar surface area (TPSA) is 176 Å². The lowest BCUT2D eigenvalue weighted by atomic mass is 10.1. The van der Waals surface area contributed by atoms with E-state index in [9.17, 15) is 23.1 Å². The van der Waals surface area contributed by atoms with Gasteiger partial charge in [0.2, 0.25) is 0 Å². The minimum Gasteiger partial charge on any atom is -0.381 e. The lowest BCUT2D eigenvalue weighted by Gasteiger charge is -2.21. The Labute approximate surface area is 135 Å². The van der Waals surface area contributed by atoms with Crippen LogP contribution in [0.1, 0.15) is 18.2 Å². The molecular weight excluding hydrogens is 346 g/mol. The van der Waals surface area contributed by atoms with Gasteiger partial charge in [-0.15, -0.1) is 0 Å². The highest BCUT2D eigenvalue weighted by Gasteiger charge is 2.48. The molecule has 0 unspecified atom stereocenters. The molecule has 1 aliphatic heterocycles. The lowest BCUT2D eigenvalue weighted by molar-refractivity contribution is -0.0742. The molecule has 132 valence electrons. The number of hydrogen-bond acceptors (Lipinski definition) is 8. The molecule has 2 rings (SSSR count). The van der Waals surface area contributed by atoms with Gasteiger partial charge < -0.3 is 9.84 Å². The zero-order chi connectivity index (χ0) is 18.1. The summed E-state index contributed by atoms with van der Waals surface area (Å²) >= 11 is 0. The number of aromatic nitrogens is 2. The minimum atomic E-state index is -3.82. The van der Waals surface area contributed by atoms with Crippen molar-refractivity contribution in [2.75, 3.05) is 12.9 Å². The van der Waals surface area contributed by atoms with E-state index in [2.05, 4.69) is 19.2 Å². The maximum absolute atomic E-state index is 11.9. The maximum atomic E-state index is 11.9. The summed E-state index contributed by atoms with van der Waals surface area (Å²) in [5.41, 5.74) is 5.34. The van der Waals surface area contributed by atoms with Gasteiger partial charge in [0.25, 0.3) is 15.7 Å². The summed E-state index contributed by atoms with van der Waals surface area (Å²) in [6.45, 7) is 0.857. The van der Waals surface area contributed by atoms with Crippen molar-refractivity contribution in [1.29, 1.82) is 0 Å². The average Bonchev–Trinajstić information content (AvgIpc) is 2.77. The monoisotopic (exact) mass is 361 g/mol. The van der Waals surface area contributed by atoms with Crippen LogP contribution in [0.4, 0.5) is 0 Å². The van der Waals surface area contributed by atoms with E-state index >= 15 is 0 Å². The molecule has 0 spiro atoms. The molecule has 0 aromatic carbocycles. The van der Waals surface area contributed by atoms with Crippen LogP contribution in [-0.2, 0) is 19.0 Å². The van der Waals surface area contributed by atoms with E-state index in [4.69, 9.17) is 10.3 Å². The van der Waals surface area contributed by atoms with Crippen LogP contribution in [0.15, 0.2) is 20.9 Å². The Morgan fingerprint density at radius 3 is 2.88 bits per heavy atom. The first kappa shape index (κ1) is 18.2. The number of aryl methyl sites for hydroxylation is 1. The second-order valence-corrected chi connectivity index (χ2v) is 6.96. The molecule has 3 atom stereocenters. The molecule has 2 N–H and O–H groups in total. The Morgan fingerprint density at radius 2 is 2.29 bits per heavy atom. The van der Waals surface area contributed by atoms with Gasteiger partial charge in [-0.1, -0.05) is 5.11 Å². The van der Waals surface area contributed by atoms with E-state index in [1.165, 1.54) is 13.1 Å². The number of aliphatic hydroxyl groups is 1. The van der Waals surface area contributed by atoms with Gasteiger partial charge in [-0.25, -0.2) is 4.79 Å². The van der Waals surface area contributed by atoms with Crippen molar-refractivity contribution in [3.8, 4) is 0 Å². The number of nitrogens with zero attached hydrogens (tertiary/aromatic N) is 4. The van der Waals surface area contributed by atoms with Crippen molar-refractivity contribution in [3.05, 3.63) is 43.0 Å². The largest absolute Gasteiger partial charge is 0.381 e. The molecule has 0 saturated carbocycles. The highest BCUT2D eigenvalue weighted by atomic mass is 32.2. The van der Waals surface area contributed by atoms with Crippen LogP contribution in [0, 0.1) is 6.92 Å². The maximum Gasteiger partial charge on any atom is 0.330 e. The highest BCUT2D eigenvalue weighted by Crippen LogP contribution is 2.37. The van der Waals surface area contributed by atoms with Gasteiger partial charge in [0.1, 0.15) is 12.3 Å². The molecule has 0 aliphatic carbocycles.